The summed E-state index contributed by atoms with van der Waals surface area (Å²) in [7, 11) is 0. The van der Waals surface area contributed by atoms with Crippen molar-refractivity contribution in [2.75, 3.05) is 10.6 Å². The van der Waals surface area contributed by atoms with E-state index in [-0.39, 0.29) is 17.8 Å². The van der Waals surface area contributed by atoms with Crippen LogP contribution in [0.15, 0.2) is 24.3 Å². The highest BCUT2D eigenvalue weighted by molar-refractivity contribution is 5.65. The fourth-order valence-electron chi connectivity index (χ4n) is 2.31. The minimum atomic E-state index is -4.54. The number of benzene rings is 1. The average molecular weight is 338 g/mol. The van der Waals surface area contributed by atoms with E-state index in [0.717, 1.165) is 29.3 Å². The Morgan fingerprint density at radius 1 is 1.17 bits per heavy atom. The summed E-state index contributed by atoms with van der Waals surface area (Å²) < 4.78 is 39.3. The SMILES string of the molecule is CCc1cccc(C)c1Nc1cc(C(F)(F)F)nc(NC(C)C)n1. The van der Waals surface area contributed by atoms with Gasteiger partial charge in [-0.1, -0.05) is 25.1 Å². The molecule has 0 aliphatic rings. The lowest BCUT2D eigenvalue weighted by molar-refractivity contribution is -0.141. The number of para-hydroxylation sites is 1. The summed E-state index contributed by atoms with van der Waals surface area (Å²) in [5, 5.41) is 5.85. The van der Waals surface area contributed by atoms with Gasteiger partial charge in [0.25, 0.3) is 0 Å². The summed E-state index contributed by atoms with van der Waals surface area (Å²) in [5.74, 6) is 0.0680. The van der Waals surface area contributed by atoms with Crippen LogP contribution in [0.25, 0.3) is 0 Å². The third kappa shape index (κ3) is 4.37. The lowest BCUT2D eigenvalue weighted by Crippen LogP contribution is -2.17. The van der Waals surface area contributed by atoms with Gasteiger partial charge in [-0.25, -0.2) is 4.98 Å². The van der Waals surface area contributed by atoms with Crippen LogP contribution in [0.5, 0.6) is 0 Å². The van der Waals surface area contributed by atoms with Crippen molar-refractivity contribution >= 4 is 17.5 Å². The van der Waals surface area contributed by atoms with E-state index >= 15 is 0 Å². The molecule has 2 N–H and O–H groups in total. The van der Waals surface area contributed by atoms with E-state index < -0.39 is 11.9 Å². The Kier molecular flexibility index (Phi) is 5.31. The van der Waals surface area contributed by atoms with E-state index in [9.17, 15) is 13.2 Å². The lowest BCUT2D eigenvalue weighted by Gasteiger charge is -2.16. The molecule has 0 bridgehead atoms. The zero-order valence-electron chi connectivity index (χ0n) is 14.1. The first-order valence-electron chi connectivity index (χ1n) is 7.79. The number of rotatable bonds is 5. The Hall–Kier alpha value is -2.31. The number of halogens is 3. The summed E-state index contributed by atoms with van der Waals surface area (Å²) in [6.07, 6.45) is -3.77. The maximum Gasteiger partial charge on any atom is 0.433 e. The van der Waals surface area contributed by atoms with Gasteiger partial charge in [-0.05, 0) is 38.3 Å². The van der Waals surface area contributed by atoms with Gasteiger partial charge in [0.2, 0.25) is 5.95 Å². The van der Waals surface area contributed by atoms with E-state index in [2.05, 4.69) is 20.6 Å². The van der Waals surface area contributed by atoms with Crippen LogP contribution in [-0.2, 0) is 12.6 Å². The fourth-order valence-corrected chi connectivity index (χ4v) is 2.31. The molecule has 2 aromatic rings. The number of nitrogens with one attached hydrogen (secondary N) is 2. The molecule has 1 heterocycles. The van der Waals surface area contributed by atoms with Crippen molar-refractivity contribution < 1.29 is 13.2 Å². The van der Waals surface area contributed by atoms with Gasteiger partial charge in [-0.2, -0.15) is 18.2 Å². The van der Waals surface area contributed by atoms with Crippen molar-refractivity contribution in [1.29, 1.82) is 0 Å². The second kappa shape index (κ2) is 7.07. The number of aromatic nitrogens is 2. The maximum atomic E-state index is 13.1. The van der Waals surface area contributed by atoms with Gasteiger partial charge in [0.1, 0.15) is 5.82 Å². The quantitative estimate of drug-likeness (QED) is 0.811. The first kappa shape index (κ1) is 18.0. The molecule has 0 unspecified atom stereocenters. The molecular weight excluding hydrogens is 317 g/mol. The normalized spacial score (nSPS) is 11.7. The minimum absolute atomic E-state index is 0.0473. The number of anilines is 3. The predicted octanol–water partition coefficient (Wildman–Crippen LogP) is 4.93. The fraction of sp³-hybridized carbons (Fsp3) is 0.412. The van der Waals surface area contributed by atoms with E-state index in [0.29, 0.717) is 0 Å². The van der Waals surface area contributed by atoms with Gasteiger partial charge in [-0.15, -0.1) is 0 Å². The third-order valence-electron chi connectivity index (χ3n) is 3.43. The minimum Gasteiger partial charge on any atom is -0.352 e. The first-order chi connectivity index (χ1) is 11.2. The highest BCUT2D eigenvalue weighted by atomic mass is 19.4. The van der Waals surface area contributed by atoms with Crippen LogP contribution in [0.2, 0.25) is 0 Å². The van der Waals surface area contributed by atoms with Crippen molar-refractivity contribution in [3.05, 3.63) is 41.1 Å². The van der Waals surface area contributed by atoms with Gasteiger partial charge in [0.15, 0.2) is 5.69 Å². The zero-order chi connectivity index (χ0) is 17.9. The van der Waals surface area contributed by atoms with Crippen molar-refractivity contribution in [1.82, 2.24) is 9.97 Å². The standard InChI is InChI=1S/C17H21F3N4/c1-5-12-8-6-7-11(4)15(12)23-14-9-13(17(18,19)20)22-16(24-14)21-10(2)3/h6-10H,5H2,1-4H3,(H2,21,22,23,24). The molecule has 0 spiro atoms. The number of hydrogen-bond acceptors (Lipinski definition) is 4. The highest BCUT2D eigenvalue weighted by Gasteiger charge is 2.34. The molecule has 0 saturated heterocycles. The molecule has 7 heteroatoms. The molecular formula is C17H21F3N4. The Balaban J connectivity index is 2.46. The summed E-state index contributed by atoms with van der Waals surface area (Å²) >= 11 is 0. The van der Waals surface area contributed by atoms with E-state index in [1.165, 1.54) is 0 Å². The molecule has 130 valence electrons. The van der Waals surface area contributed by atoms with Crippen LogP contribution in [0, 0.1) is 6.92 Å². The van der Waals surface area contributed by atoms with Gasteiger partial charge in [0.05, 0.1) is 0 Å². The molecule has 4 nitrogen and oxygen atoms in total. The Morgan fingerprint density at radius 3 is 2.46 bits per heavy atom. The molecule has 0 radical (unpaired) electrons. The Bertz CT molecular complexity index is 711. The number of alkyl halides is 3. The molecule has 1 aromatic heterocycles. The molecule has 0 atom stereocenters. The second-order valence-corrected chi connectivity index (χ2v) is 5.85. The van der Waals surface area contributed by atoms with Crippen LogP contribution in [0.4, 0.5) is 30.6 Å². The van der Waals surface area contributed by atoms with Crippen molar-refractivity contribution in [3.63, 3.8) is 0 Å². The van der Waals surface area contributed by atoms with Crippen LogP contribution in [0.3, 0.4) is 0 Å². The van der Waals surface area contributed by atoms with Crippen LogP contribution >= 0.6 is 0 Å². The molecule has 0 fully saturated rings. The summed E-state index contributed by atoms with van der Waals surface area (Å²) in [5.41, 5.74) is 1.76. The summed E-state index contributed by atoms with van der Waals surface area (Å²) in [4.78, 5) is 7.73. The van der Waals surface area contributed by atoms with Crippen LogP contribution in [0.1, 0.15) is 37.6 Å². The molecule has 24 heavy (non-hydrogen) atoms. The molecule has 0 amide bonds. The third-order valence-corrected chi connectivity index (χ3v) is 3.43. The predicted molar refractivity (Wildman–Crippen MR) is 89.6 cm³/mol. The Morgan fingerprint density at radius 2 is 1.88 bits per heavy atom. The smallest absolute Gasteiger partial charge is 0.352 e. The van der Waals surface area contributed by atoms with Crippen molar-refractivity contribution in [3.8, 4) is 0 Å². The highest BCUT2D eigenvalue weighted by Crippen LogP contribution is 2.31. The summed E-state index contributed by atoms with van der Waals surface area (Å²) in [6.45, 7) is 7.52. The monoisotopic (exact) mass is 338 g/mol. The largest absolute Gasteiger partial charge is 0.433 e. The molecule has 0 aliphatic carbocycles. The second-order valence-electron chi connectivity index (χ2n) is 5.85. The van der Waals surface area contributed by atoms with Gasteiger partial charge < -0.3 is 10.6 Å². The van der Waals surface area contributed by atoms with Gasteiger partial charge in [-0.3, -0.25) is 0 Å². The van der Waals surface area contributed by atoms with E-state index in [1.807, 2.05) is 45.9 Å². The number of aryl methyl sites for hydroxylation is 2. The van der Waals surface area contributed by atoms with Crippen LogP contribution in [-0.4, -0.2) is 16.0 Å². The van der Waals surface area contributed by atoms with Gasteiger partial charge in [0, 0.05) is 17.8 Å². The van der Waals surface area contributed by atoms with Crippen molar-refractivity contribution in [2.24, 2.45) is 0 Å². The van der Waals surface area contributed by atoms with E-state index in [4.69, 9.17) is 0 Å². The lowest BCUT2D eigenvalue weighted by atomic mass is 10.1. The zero-order valence-corrected chi connectivity index (χ0v) is 14.1. The Labute approximate surface area is 139 Å². The molecule has 0 saturated carbocycles. The number of hydrogen-bond donors (Lipinski definition) is 2. The average Bonchev–Trinajstić information content (AvgIpc) is 2.47. The van der Waals surface area contributed by atoms with Crippen molar-refractivity contribution in [2.45, 2.75) is 46.3 Å². The number of nitrogens with zero attached hydrogens (tertiary/aromatic N) is 2. The molecule has 2 rings (SSSR count). The first-order valence-corrected chi connectivity index (χ1v) is 7.79. The van der Waals surface area contributed by atoms with Crippen LogP contribution < -0.4 is 10.6 Å². The van der Waals surface area contributed by atoms with Gasteiger partial charge >= 0.3 is 6.18 Å². The van der Waals surface area contributed by atoms with E-state index in [1.54, 1.807) is 0 Å². The molecule has 0 aliphatic heterocycles. The molecule has 1 aromatic carbocycles. The topological polar surface area (TPSA) is 49.8 Å². The summed E-state index contributed by atoms with van der Waals surface area (Å²) in [6, 6.07) is 6.62. The maximum absolute atomic E-state index is 13.1.